The second kappa shape index (κ2) is 7.13. The van der Waals surface area contributed by atoms with Gasteiger partial charge >= 0.3 is 0 Å². The van der Waals surface area contributed by atoms with Crippen molar-refractivity contribution in [2.45, 2.75) is 13.3 Å². The fourth-order valence-electron chi connectivity index (χ4n) is 2.06. The Morgan fingerprint density at radius 2 is 1.95 bits per heavy atom. The van der Waals surface area contributed by atoms with Crippen molar-refractivity contribution in [3.8, 4) is 11.5 Å². The van der Waals surface area contributed by atoms with Gasteiger partial charge in [0.15, 0.2) is 16.7 Å². The second-order valence-electron chi connectivity index (χ2n) is 4.70. The summed E-state index contributed by atoms with van der Waals surface area (Å²) < 4.78 is 10.5. The van der Waals surface area contributed by atoms with Gasteiger partial charge in [-0.05, 0) is 42.3 Å². The van der Waals surface area contributed by atoms with Gasteiger partial charge < -0.3 is 14.8 Å². The van der Waals surface area contributed by atoms with Crippen LogP contribution in [0.3, 0.4) is 0 Å². The number of ether oxygens (including phenoxy) is 2. The maximum Gasteiger partial charge on any atom is 0.228 e. The summed E-state index contributed by atoms with van der Waals surface area (Å²) in [5.41, 5.74) is 2.30. The molecule has 0 aliphatic heterocycles. The Hall–Kier alpha value is -2.27. The highest BCUT2D eigenvalue weighted by Crippen LogP contribution is 2.30. The Labute approximate surface area is 134 Å². The number of halogens is 1. The minimum atomic E-state index is -0.176. The Bertz CT molecular complexity index is 689. The number of pyridine rings is 1. The maximum atomic E-state index is 12.2. The molecule has 0 radical (unpaired) electrons. The van der Waals surface area contributed by atoms with Gasteiger partial charge in [0.05, 0.1) is 26.3 Å². The highest BCUT2D eigenvalue weighted by molar-refractivity contribution is 6.32. The van der Waals surface area contributed by atoms with Crippen LogP contribution in [0.2, 0.25) is 5.15 Å². The number of aromatic nitrogens is 1. The average molecular weight is 321 g/mol. The monoisotopic (exact) mass is 320 g/mol. The van der Waals surface area contributed by atoms with Crippen LogP contribution in [-0.2, 0) is 11.2 Å². The zero-order chi connectivity index (χ0) is 16.1. The van der Waals surface area contributed by atoms with Crippen molar-refractivity contribution < 1.29 is 14.3 Å². The van der Waals surface area contributed by atoms with E-state index in [9.17, 15) is 4.79 Å². The van der Waals surface area contributed by atoms with Crippen LogP contribution < -0.4 is 14.8 Å². The summed E-state index contributed by atoms with van der Waals surface area (Å²) in [6, 6.07) is 7.06. The molecule has 2 rings (SSSR count). The van der Waals surface area contributed by atoms with Crippen molar-refractivity contribution in [2.75, 3.05) is 19.5 Å². The van der Waals surface area contributed by atoms with E-state index >= 15 is 0 Å². The van der Waals surface area contributed by atoms with E-state index in [1.165, 1.54) is 0 Å². The molecule has 1 amide bonds. The number of nitrogens with zero attached hydrogens (tertiary/aromatic N) is 1. The lowest BCUT2D eigenvalue weighted by Crippen LogP contribution is -2.15. The third kappa shape index (κ3) is 3.68. The number of anilines is 1. The second-order valence-corrected chi connectivity index (χ2v) is 5.06. The van der Waals surface area contributed by atoms with Crippen molar-refractivity contribution in [2.24, 2.45) is 0 Å². The Morgan fingerprint density at radius 1 is 1.27 bits per heavy atom. The SMILES string of the molecule is COc1cc(C)c(CC(=O)Nc2cccnc2Cl)cc1OC. The van der Waals surface area contributed by atoms with Gasteiger partial charge in [0, 0.05) is 6.20 Å². The minimum Gasteiger partial charge on any atom is -0.493 e. The molecule has 0 saturated carbocycles. The number of hydrogen-bond acceptors (Lipinski definition) is 4. The van der Waals surface area contributed by atoms with E-state index in [4.69, 9.17) is 21.1 Å². The highest BCUT2D eigenvalue weighted by atomic mass is 35.5. The molecule has 6 heteroatoms. The zero-order valence-corrected chi connectivity index (χ0v) is 13.4. The molecule has 0 atom stereocenters. The smallest absolute Gasteiger partial charge is 0.228 e. The normalized spacial score (nSPS) is 10.2. The van der Waals surface area contributed by atoms with Crippen LogP contribution in [0.5, 0.6) is 11.5 Å². The van der Waals surface area contributed by atoms with Crippen LogP contribution >= 0.6 is 11.6 Å². The molecule has 0 bridgehead atoms. The fraction of sp³-hybridized carbons (Fsp3) is 0.250. The number of carbonyl (C=O) groups excluding carboxylic acids is 1. The van der Waals surface area contributed by atoms with Gasteiger partial charge in [-0.3, -0.25) is 4.79 Å². The molecule has 1 N–H and O–H groups in total. The number of amides is 1. The third-order valence-corrected chi connectivity index (χ3v) is 3.53. The maximum absolute atomic E-state index is 12.2. The summed E-state index contributed by atoms with van der Waals surface area (Å²) in [5, 5.41) is 3.01. The van der Waals surface area contributed by atoms with Crippen molar-refractivity contribution in [3.05, 3.63) is 46.7 Å². The molecular formula is C16H17ClN2O3. The number of aryl methyl sites for hydroxylation is 1. The summed E-state index contributed by atoms with van der Waals surface area (Å²) in [6.45, 7) is 1.92. The van der Waals surface area contributed by atoms with Crippen LogP contribution in [-0.4, -0.2) is 25.1 Å². The van der Waals surface area contributed by atoms with Gasteiger partial charge in [0.2, 0.25) is 5.91 Å². The summed E-state index contributed by atoms with van der Waals surface area (Å²) in [5.74, 6) is 1.06. The van der Waals surface area contributed by atoms with Crippen LogP contribution in [0.15, 0.2) is 30.5 Å². The van der Waals surface area contributed by atoms with E-state index in [2.05, 4.69) is 10.3 Å². The van der Waals surface area contributed by atoms with Crippen LogP contribution in [0.25, 0.3) is 0 Å². The average Bonchev–Trinajstić information content (AvgIpc) is 2.51. The molecule has 0 unspecified atom stereocenters. The van der Waals surface area contributed by atoms with Crippen LogP contribution in [0, 0.1) is 6.92 Å². The van der Waals surface area contributed by atoms with Crippen molar-refractivity contribution >= 4 is 23.2 Å². The predicted octanol–water partition coefficient (Wildman–Crippen LogP) is 3.24. The van der Waals surface area contributed by atoms with Crippen LogP contribution in [0.1, 0.15) is 11.1 Å². The first-order valence-corrected chi connectivity index (χ1v) is 7.04. The topological polar surface area (TPSA) is 60.5 Å². The molecule has 0 aliphatic carbocycles. The Morgan fingerprint density at radius 3 is 2.59 bits per heavy atom. The third-order valence-electron chi connectivity index (χ3n) is 3.23. The van der Waals surface area contributed by atoms with Gasteiger partial charge in [-0.2, -0.15) is 0 Å². The molecule has 0 aliphatic rings. The number of methoxy groups -OCH3 is 2. The molecule has 5 nitrogen and oxygen atoms in total. The minimum absolute atomic E-state index is 0.176. The lowest BCUT2D eigenvalue weighted by atomic mass is 10.0. The number of benzene rings is 1. The number of carbonyl (C=O) groups is 1. The molecule has 0 fully saturated rings. The van der Waals surface area contributed by atoms with E-state index in [-0.39, 0.29) is 17.5 Å². The summed E-state index contributed by atoms with van der Waals surface area (Å²) >= 11 is 5.93. The molecule has 116 valence electrons. The quantitative estimate of drug-likeness (QED) is 0.859. The van der Waals surface area contributed by atoms with Gasteiger partial charge in [-0.15, -0.1) is 0 Å². The first kappa shape index (κ1) is 16.1. The van der Waals surface area contributed by atoms with Gasteiger partial charge in [-0.1, -0.05) is 11.6 Å². The lowest BCUT2D eigenvalue weighted by Gasteiger charge is -2.13. The van der Waals surface area contributed by atoms with E-state index in [1.807, 2.05) is 13.0 Å². The van der Waals surface area contributed by atoms with Crippen molar-refractivity contribution in [3.63, 3.8) is 0 Å². The summed E-state index contributed by atoms with van der Waals surface area (Å²) in [7, 11) is 3.14. The van der Waals surface area contributed by atoms with E-state index in [1.54, 1.807) is 38.6 Å². The largest absolute Gasteiger partial charge is 0.493 e. The zero-order valence-electron chi connectivity index (χ0n) is 12.6. The molecule has 1 heterocycles. The summed E-state index contributed by atoms with van der Waals surface area (Å²) in [6.07, 6.45) is 1.77. The molecular weight excluding hydrogens is 304 g/mol. The van der Waals surface area contributed by atoms with Gasteiger partial charge in [0.25, 0.3) is 0 Å². The van der Waals surface area contributed by atoms with Crippen LogP contribution in [0.4, 0.5) is 5.69 Å². The Kier molecular flexibility index (Phi) is 5.22. The number of nitrogens with one attached hydrogen (secondary N) is 1. The summed E-state index contributed by atoms with van der Waals surface area (Å²) in [4.78, 5) is 16.1. The van der Waals surface area contributed by atoms with Gasteiger partial charge in [0.1, 0.15) is 0 Å². The van der Waals surface area contributed by atoms with E-state index in [0.717, 1.165) is 11.1 Å². The highest BCUT2D eigenvalue weighted by Gasteiger charge is 2.13. The first-order valence-electron chi connectivity index (χ1n) is 6.67. The molecule has 1 aromatic heterocycles. The molecule has 1 aromatic carbocycles. The van der Waals surface area contributed by atoms with E-state index in [0.29, 0.717) is 17.2 Å². The Balaban J connectivity index is 2.16. The molecule has 2 aromatic rings. The number of rotatable bonds is 5. The first-order chi connectivity index (χ1) is 10.5. The fourth-order valence-corrected chi connectivity index (χ4v) is 2.23. The van der Waals surface area contributed by atoms with E-state index < -0.39 is 0 Å². The molecule has 22 heavy (non-hydrogen) atoms. The predicted molar refractivity (Wildman–Crippen MR) is 85.9 cm³/mol. The van der Waals surface area contributed by atoms with Crippen molar-refractivity contribution in [1.29, 1.82) is 0 Å². The van der Waals surface area contributed by atoms with Crippen molar-refractivity contribution in [1.82, 2.24) is 4.98 Å². The van der Waals surface area contributed by atoms with Gasteiger partial charge in [-0.25, -0.2) is 4.98 Å². The molecule has 0 saturated heterocycles. The number of hydrogen-bond donors (Lipinski definition) is 1. The lowest BCUT2D eigenvalue weighted by molar-refractivity contribution is -0.115. The molecule has 0 spiro atoms. The standard InChI is InChI=1S/C16H17ClN2O3/c1-10-7-13(21-2)14(22-3)8-11(10)9-15(20)19-12-5-4-6-18-16(12)17/h4-8H,9H2,1-3H3,(H,19,20).